The summed E-state index contributed by atoms with van der Waals surface area (Å²) in [5, 5.41) is 15.2. The lowest BCUT2D eigenvalue weighted by Crippen LogP contribution is -2.40. The van der Waals surface area contributed by atoms with Crippen LogP contribution in [0.4, 0.5) is 5.69 Å². The van der Waals surface area contributed by atoms with Crippen molar-refractivity contribution < 1.29 is 24.2 Å². The molecule has 0 aliphatic rings. The van der Waals surface area contributed by atoms with Gasteiger partial charge in [-0.2, -0.15) is 0 Å². The van der Waals surface area contributed by atoms with Crippen LogP contribution in [0, 0.1) is 5.41 Å². The van der Waals surface area contributed by atoms with Crippen LogP contribution >= 0.6 is 0 Å². The van der Waals surface area contributed by atoms with Gasteiger partial charge in [-0.15, -0.1) is 0 Å². The zero-order chi connectivity index (χ0) is 20.6. The number of aliphatic carboxylic acids is 1. The van der Waals surface area contributed by atoms with Crippen molar-refractivity contribution in [2.24, 2.45) is 5.41 Å². The molecular formula is C20H30N2O5. The summed E-state index contributed by atoms with van der Waals surface area (Å²) in [5.41, 5.74) is 1.17. The lowest BCUT2D eigenvalue weighted by Gasteiger charge is -2.21. The largest absolute Gasteiger partial charge is 0.481 e. The zero-order valence-electron chi connectivity index (χ0n) is 16.7. The summed E-state index contributed by atoms with van der Waals surface area (Å²) in [4.78, 5) is 35.3. The number of carboxylic acid groups (broad SMARTS) is 1. The van der Waals surface area contributed by atoms with Crippen LogP contribution in [0.5, 0.6) is 0 Å². The van der Waals surface area contributed by atoms with E-state index in [1.807, 2.05) is 0 Å². The number of methoxy groups -OCH3 is 1. The lowest BCUT2D eigenvalue weighted by molar-refractivity contribution is -0.141. The molecule has 0 bridgehead atoms. The van der Waals surface area contributed by atoms with Gasteiger partial charge in [0.2, 0.25) is 0 Å². The van der Waals surface area contributed by atoms with E-state index < -0.39 is 18.1 Å². The first-order valence-electron chi connectivity index (χ1n) is 8.97. The lowest BCUT2D eigenvalue weighted by atomic mass is 9.92. The van der Waals surface area contributed by atoms with E-state index in [0.717, 1.165) is 6.42 Å². The fourth-order valence-electron chi connectivity index (χ4n) is 2.47. The van der Waals surface area contributed by atoms with E-state index in [1.54, 1.807) is 31.2 Å². The van der Waals surface area contributed by atoms with E-state index in [-0.39, 0.29) is 23.6 Å². The Balaban J connectivity index is 2.79. The zero-order valence-corrected chi connectivity index (χ0v) is 16.7. The average Bonchev–Trinajstić information content (AvgIpc) is 2.58. The summed E-state index contributed by atoms with van der Waals surface area (Å²) < 4.78 is 4.66. The van der Waals surface area contributed by atoms with Crippen molar-refractivity contribution in [3.8, 4) is 0 Å². The van der Waals surface area contributed by atoms with Crippen molar-refractivity contribution in [3.05, 3.63) is 29.8 Å². The highest BCUT2D eigenvalue weighted by Crippen LogP contribution is 2.18. The SMILES string of the molecule is COC(=O)[C@H](C)Nc1ccc(C(=O)[C@@H](CC(=O)O)NCCC(C)(C)C)cc1. The topological polar surface area (TPSA) is 105 Å². The van der Waals surface area contributed by atoms with Crippen molar-refractivity contribution in [1.82, 2.24) is 5.32 Å². The maximum atomic E-state index is 12.7. The van der Waals surface area contributed by atoms with E-state index in [2.05, 4.69) is 36.1 Å². The Morgan fingerprint density at radius 2 is 1.74 bits per heavy atom. The second kappa shape index (κ2) is 10.1. The van der Waals surface area contributed by atoms with Gasteiger partial charge in [0, 0.05) is 11.3 Å². The van der Waals surface area contributed by atoms with Crippen LogP contribution in [0.15, 0.2) is 24.3 Å². The first kappa shape index (κ1) is 22.6. The molecule has 1 rings (SSSR count). The molecule has 27 heavy (non-hydrogen) atoms. The Morgan fingerprint density at radius 3 is 2.22 bits per heavy atom. The van der Waals surface area contributed by atoms with Crippen molar-refractivity contribution >= 4 is 23.4 Å². The second-order valence-corrected chi connectivity index (χ2v) is 7.75. The molecule has 1 aromatic carbocycles. The monoisotopic (exact) mass is 378 g/mol. The van der Waals surface area contributed by atoms with Crippen LogP contribution < -0.4 is 10.6 Å². The summed E-state index contributed by atoms with van der Waals surface area (Å²) >= 11 is 0. The van der Waals surface area contributed by atoms with E-state index in [0.29, 0.717) is 17.8 Å². The molecule has 2 atom stereocenters. The van der Waals surface area contributed by atoms with E-state index in [1.165, 1.54) is 7.11 Å². The number of carbonyl (C=O) groups is 3. The average molecular weight is 378 g/mol. The van der Waals surface area contributed by atoms with E-state index in [9.17, 15) is 14.4 Å². The quantitative estimate of drug-likeness (QED) is 0.425. The van der Waals surface area contributed by atoms with Crippen molar-refractivity contribution in [2.75, 3.05) is 19.0 Å². The Morgan fingerprint density at radius 1 is 1.15 bits per heavy atom. The number of esters is 1. The highest BCUT2D eigenvalue weighted by atomic mass is 16.5. The minimum absolute atomic E-state index is 0.0907. The van der Waals surface area contributed by atoms with Crippen LogP contribution in [-0.2, 0) is 14.3 Å². The van der Waals surface area contributed by atoms with Crippen LogP contribution in [0.25, 0.3) is 0 Å². The Labute approximate surface area is 160 Å². The van der Waals surface area contributed by atoms with Gasteiger partial charge >= 0.3 is 11.9 Å². The highest BCUT2D eigenvalue weighted by Gasteiger charge is 2.23. The molecule has 0 radical (unpaired) electrons. The van der Waals surface area contributed by atoms with Gasteiger partial charge in [-0.25, -0.2) is 4.79 Å². The fourth-order valence-corrected chi connectivity index (χ4v) is 2.47. The van der Waals surface area contributed by atoms with Crippen molar-refractivity contribution in [1.29, 1.82) is 0 Å². The number of hydrogen-bond donors (Lipinski definition) is 3. The molecule has 1 aromatic rings. The number of hydrogen-bond acceptors (Lipinski definition) is 6. The molecule has 0 saturated carbocycles. The molecule has 0 saturated heterocycles. The van der Waals surface area contributed by atoms with Crippen LogP contribution in [-0.4, -0.2) is 48.6 Å². The molecule has 150 valence electrons. The minimum atomic E-state index is -1.03. The van der Waals surface area contributed by atoms with E-state index in [4.69, 9.17) is 5.11 Å². The van der Waals surface area contributed by atoms with Crippen molar-refractivity contribution in [3.63, 3.8) is 0 Å². The predicted octanol–water partition coefficient (Wildman–Crippen LogP) is 2.71. The Kier molecular flexibility index (Phi) is 8.43. The van der Waals surface area contributed by atoms with Gasteiger partial charge in [-0.1, -0.05) is 20.8 Å². The Hall–Kier alpha value is -2.41. The predicted molar refractivity (Wildman–Crippen MR) is 104 cm³/mol. The molecule has 0 aliphatic heterocycles. The second-order valence-electron chi connectivity index (χ2n) is 7.75. The fraction of sp³-hybridized carbons (Fsp3) is 0.550. The third-order valence-corrected chi connectivity index (χ3v) is 4.07. The molecule has 0 heterocycles. The summed E-state index contributed by atoms with van der Waals surface area (Å²) in [7, 11) is 1.32. The number of Topliss-reactive ketones (excluding diaryl/α,β-unsaturated/α-hetero) is 1. The number of carboxylic acids is 1. The van der Waals surface area contributed by atoms with Gasteiger partial charge in [0.25, 0.3) is 0 Å². The van der Waals surface area contributed by atoms with Gasteiger partial charge < -0.3 is 20.5 Å². The molecular weight excluding hydrogens is 348 g/mol. The minimum Gasteiger partial charge on any atom is -0.481 e. The third-order valence-electron chi connectivity index (χ3n) is 4.07. The number of carbonyl (C=O) groups excluding carboxylic acids is 2. The molecule has 0 spiro atoms. The number of benzene rings is 1. The van der Waals surface area contributed by atoms with Crippen molar-refractivity contribution in [2.45, 2.75) is 52.6 Å². The number of ether oxygens (including phenoxy) is 1. The molecule has 7 heteroatoms. The number of anilines is 1. The smallest absolute Gasteiger partial charge is 0.327 e. The molecule has 7 nitrogen and oxygen atoms in total. The molecule has 3 N–H and O–H groups in total. The number of nitrogens with one attached hydrogen (secondary N) is 2. The molecule has 0 fully saturated rings. The van der Waals surface area contributed by atoms with Crippen LogP contribution in [0.3, 0.4) is 0 Å². The maximum Gasteiger partial charge on any atom is 0.327 e. The summed E-state index contributed by atoms with van der Waals surface area (Å²) in [6, 6.07) is 5.30. The summed E-state index contributed by atoms with van der Waals surface area (Å²) in [6.45, 7) is 8.49. The standard InChI is InChI=1S/C20H30N2O5/c1-13(19(26)27-5)22-15-8-6-14(7-9-15)18(25)16(12-17(23)24)21-11-10-20(2,3)4/h6-9,13,16,21-22H,10-12H2,1-5H3,(H,23,24)/t13-,16+/m0/s1. The molecule has 0 amide bonds. The van der Waals surface area contributed by atoms with Gasteiger partial charge in [-0.05, 0) is 49.6 Å². The number of rotatable bonds is 10. The highest BCUT2D eigenvalue weighted by molar-refractivity contribution is 6.02. The molecule has 0 aromatic heterocycles. The van der Waals surface area contributed by atoms with Gasteiger partial charge in [0.15, 0.2) is 5.78 Å². The van der Waals surface area contributed by atoms with Gasteiger partial charge in [0.05, 0.1) is 19.6 Å². The Bertz CT molecular complexity index is 649. The third kappa shape index (κ3) is 8.21. The van der Waals surface area contributed by atoms with Gasteiger partial charge in [-0.3, -0.25) is 9.59 Å². The van der Waals surface area contributed by atoms with Crippen LogP contribution in [0.2, 0.25) is 0 Å². The molecule has 0 aliphatic carbocycles. The van der Waals surface area contributed by atoms with E-state index >= 15 is 0 Å². The first-order valence-corrected chi connectivity index (χ1v) is 8.97. The maximum absolute atomic E-state index is 12.7. The van der Waals surface area contributed by atoms with Gasteiger partial charge in [0.1, 0.15) is 6.04 Å². The normalized spacial score (nSPS) is 13.5. The van der Waals surface area contributed by atoms with Crippen LogP contribution in [0.1, 0.15) is 50.9 Å². The summed E-state index contributed by atoms with van der Waals surface area (Å²) in [5.74, 6) is -1.68. The first-order chi connectivity index (χ1) is 12.5. The summed E-state index contributed by atoms with van der Waals surface area (Å²) in [6.07, 6.45) is 0.549. The number of ketones is 1. The molecule has 0 unspecified atom stereocenters.